The van der Waals surface area contributed by atoms with Crippen molar-refractivity contribution in [3.63, 3.8) is 0 Å². The Hall–Kier alpha value is -1.81. The van der Waals surface area contributed by atoms with E-state index >= 15 is 0 Å². The van der Waals surface area contributed by atoms with Crippen LogP contribution in [0.5, 0.6) is 5.75 Å². The van der Waals surface area contributed by atoms with Crippen LogP contribution >= 0.6 is 0 Å². The van der Waals surface area contributed by atoms with Crippen LogP contribution < -0.4 is 4.74 Å². The summed E-state index contributed by atoms with van der Waals surface area (Å²) in [7, 11) is 4.68. The normalized spacial score (nSPS) is 21.2. The minimum atomic E-state index is -1.11. The van der Waals surface area contributed by atoms with Gasteiger partial charge in [0.1, 0.15) is 5.75 Å². The largest absolute Gasteiger partial charge is 0.496 e. The Bertz CT molecular complexity index is 643. The van der Waals surface area contributed by atoms with Gasteiger partial charge < -0.3 is 14.2 Å². The lowest BCUT2D eigenvalue weighted by Crippen LogP contribution is -2.41. The molecule has 0 saturated heterocycles. The highest BCUT2D eigenvalue weighted by molar-refractivity contribution is 6.10. The summed E-state index contributed by atoms with van der Waals surface area (Å²) >= 11 is 0. The zero-order valence-electron chi connectivity index (χ0n) is 14.4. The second kappa shape index (κ2) is 5.76. The van der Waals surface area contributed by atoms with Gasteiger partial charge in [0, 0.05) is 18.2 Å². The molecular weight excluding hydrogens is 280 g/mol. The molecular formula is C18H24O4. The maximum Gasteiger partial charge on any atom is 0.233 e. The van der Waals surface area contributed by atoms with E-state index in [2.05, 4.69) is 19.9 Å². The Balaban J connectivity index is 2.95. The van der Waals surface area contributed by atoms with Crippen LogP contribution in [0.4, 0.5) is 0 Å². The lowest BCUT2D eigenvalue weighted by atomic mass is 9.74. The molecule has 0 aliphatic heterocycles. The zero-order chi connectivity index (χ0) is 16.7. The summed E-state index contributed by atoms with van der Waals surface area (Å²) in [5.41, 5.74) is 2.60. The Morgan fingerprint density at radius 1 is 1.09 bits per heavy atom. The van der Waals surface area contributed by atoms with E-state index in [9.17, 15) is 4.79 Å². The number of allylic oxidation sites excluding steroid dienone is 1. The number of methoxy groups -OCH3 is 3. The number of carbonyl (C=O) groups is 1. The molecule has 0 N–H and O–H groups in total. The Morgan fingerprint density at radius 3 is 2.18 bits per heavy atom. The van der Waals surface area contributed by atoms with Gasteiger partial charge in [0.05, 0.1) is 14.2 Å². The van der Waals surface area contributed by atoms with Gasteiger partial charge >= 0.3 is 0 Å². The number of hydrogen-bond acceptors (Lipinski definition) is 4. The second-order valence-electron chi connectivity index (χ2n) is 6.06. The molecule has 1 aliphatic rings. The minimum absolute atomic E-state index is 0.144. The van der Waals surface area contributed by atoms with Gasteiger partial charge in [-0.1, -0.05) is 19.9 Å². The van der Waals surface area contributed by atoms with Crippen molar-refractivity contribution in [2.45, 2.75) is 33.3 Å². The first-order valence-electron chi connectivity index (χ1n) is 7.39. The van der Waals surface area contributed by atoms with Gasteiger partial charge in [-0.15, -0.1) is 0 Å². The van der Waals surface area contributed by atoms with Gasteiger partial charge in [0.2, 0.25) is 5.78 Å². The molecule has 1 unspecified atom stereocenters. The number of ketones is 1. The molecule has 1 aliphatic carbocycles. The van der Waals surface area contributed by atoms with Gasteiger partial charge in [0.25, 0.3) is 0 Å². The molecule has 0 aromatic heterocycles. The highest BCUT2D eigenvalue weighted by Crippen LogP contribution is 2.48. The molecule has 120 valence electrons. The molecule has 0 amide bonds. The molecule has 0 bridgehead atoms. The zero-order valence-corrected chi connectivity index (χ0v) is 14.4. The molecule has 0 fully saturated rings. The van der Waals surface area contributed by atoms with Crippen LogP contribution in [0.3, 0.4) is 0 Å². The van der Waals surface area contributed by atoms with Crippen molar-refractivity contribution in [2.75, 3.05) is 21.3 Å². The summed E-state index contributed by atoms with van der Waals surface area (Å²) < 4.78 is 16.6. The van der Waals surface area contributed by atoms with Crippen LogP contribution in [0.2, 0.25) is 0 Å². The first kappa shape index (κ1) is 16.6. The average Bonchev–Trinajstić information content (AvgIpc) is 2.48. The van der Waals surface area contributed by atoms with Gasteiger partial charge in [-0.05, 0) is 37.0 Å². The van der Waals surface area contributed by atoms with E-state index in [-0.39, 0.29) is 11.7 Å². The van der Waals surface area contributed by atoms with Gasteiger partial charge in [0.15, 0.2) is 11.4 Å². The molecule has 0 saturated carbocycles. The summed E-state index contributed by atoms with van der Waals surface area (Å²) in [6.45, 7) is 7.88. The Labute approximate surface area is 132 Å². The lowest BCUT2D eigenvalue weighted by molar-refractivity contribution is -0.139. The van der Waals surface area contributed by atoms with Crippen LogP contribution in [0, 0.1) is 12.8 Å². The Kier molecular flexibility index (Phi) is 4.34. The summed E-state index contributed by atoms with van der Waals surface area (Å²) in [5, 5.41) is 0. The predicted molar refractivity (Wildman–Crippen MR) is 85.9 cm³/mol. The fourth-order valence-electron chi connectivity index (χ4n) is 3.16. The highest BCUT2D eigenvalue weighted by atomic mass is 16.5. The molecule has 4 heteroatoms. The first-order valence-corrected chi connectivity index (χ1v) is 7.39. The van der Waals surface area contributed by atoms with Crippen molar-refractivity contribution >= 4 is 11.4 Å². The standard InChI is InChI=1S/C18H24O4/c1-10(2)14-12-8-11(3)9-13(20-5)15(12)18(4,22-7)17(19)16(14)21-6/h8-10H,1-7H3. The van der Waals surface area contributed by atoms with Crippen molar-refractivity contribution in [1.29, 1.82) is 0 Å². The number of hydrogen-bond donors (Lipinski definition) is 0. The third-order valence-electron chi connectivity index (χ3n) is 4.31. The topological polar surface area (TPSA) is 44.8 Å². The summed E-state index contributed by atoms with van der Waals surface area (Å²) in [5.74, 6) is 1.02. The number of Topliss-reactive ketones (excluding diaryl/α,β-unsaturated/α-hetero) is 1. The van der Waals surface area contributed by atoms with Crippen LogP contribution in [-0.2, 0) is 19.9 Å². The van der Waals surface area contributed by atoms with E-state index < -0.39 is 5.60 Å². The average molecular weight is 304 g/mol. The third-order valence-corrected chi connectivity index (χ3v) is 4.31. The second-order valence-corrected chi connectivity index (χ2v) is 6.06. The molecule has 1 aromatic rings. The molecule has 2 rings (SSSR count). The molecule has 0 heterocycles. The quantitative estimate of drug-likeness (QED) is 0.854. The van der Waals surface area contributed by atoms with E-state index in [4.69, 9.17) is 14.2 Å². The van der Waals surface area contributed by atoms with Crippen LogP contribution in [-0.4, -0.2) is 27.1 Å². The fourth-order valence-corrected chi connectivity index (χ4v) is 3.16. The molecule has 4 nitrogen and oxygen atoms in total. The molecule has 0 radical (unpaired) electrons. The SMILES string of the molecule is COC1=C(C(C)C)c2cc(C)cc(OC)c2C(C)(OC)C1=O. The van der Waals surface area contributed by atoms with Crippen molar-refractivity contribution < 1.29 is 19.0 Å². The van der Waals surface area contributed by atoms with E-state index in [0.29, 0.717) is 11.5 Å². The number of carbonyl (C=O) groups excluding carboxylic acids is 1. The van der Waals surface area contributed by atoms with Gasteiger partial charge in [-0.25, -0.2) is 0 Å². The summed E-state index contributed by atoms with van der Waals surface area (Å²) in [4.78, 5) is 13.0. The van der Waals surface area contributed by atoms with Gasteiger partial charge in [-0.3, -0.25) is 4.79 Å². The summed E-state index contributed by atoms with van der Waals surface area (Å²) in [6.07, 6.45) is 0. The smallest absolute Gasteiger partial charge is 0.233 e. The molecule has 22 heavy (non-hydrogen) atoms. The Morgan fingerprint density at radius 2 is 1.73 bits per heavy atom. The lowest BCUT2D eigenvalue weighted by Gasteiger charge is -2.37. The predicted octanol–water partition coefficient (Wildman–Crippen LogP) is 3.46. The number of rotatable bonds is 4. The fraction of sp³-hybridized carbons (Fsp3) is 0.500. The van der Waals surface area contributed by atoms with Crippen molar-refractivity contribution in [1.82, 2.24) is 0 Å². The maximum absolute atomic E-state index is 13.0. The monoisotopic (exact) mass is 304 g/mol. The number of aryl methyl sites for hydroxylation is 1. The third kappa shape index (κ3) is 2.22. The molecule has 0 spiro atoms. The summed E-state index contributed by atoms with van der Waals surface area (Å²) in [6, 6.07) is 4.00. The van der Waals surface area contributed by atoms with E-state index in [1.54, 1.807) is 14.0 Å². The molecule has 1 atom stereocenters. The van der Waals surface area contributed by atoms with E-state index in [1.807, 2.05) is 13.0 Å². The van der Waals surface area contributed by atoms with Crippen LogP contribution in [0.25, 0.3) is 5.57 Å². The van der Waals surface area contributed by atoms with Crippen molar-refractivity contribution in [3.8, 4) is 5.75 Å². The van der Waals surface area contributed by atoms with E-state index in [0.717, 1.165) is 22.3 Å². The maximum atomic E-state index is 13.0. The minimum Gasteiger partial charge on any atom is -0.496 e. The van der Waals surface area contributed by atoms with E-state index in [1.165, 1.54) is 14.2 Å². The van der Waals surface area contributed by atoms with Gasteiger partial charge in [-0.2, -0.15) is 0 Å². The highest BCUT2D eigenvalue weighted by Gasteiger charge is 2.47. The molecule has 1 aromatic carbocycles. The number of fused-ring (bicyclic) bond motifs is 1. The van der Waals surface area contributed by atoms with Crippen molar-refractivity contribution in [2.24, 2.45) is 5.92 Å². The number of benzene rings is 1. The van der Waals surface area contributed by atoms with Crippen LogP contribution in [0.1, 0.15) is 37.5 Å². The first-order chi connectivity index (χ1) is 10.3. The number of ether oxygens (including phenoxy) is 3. The van der Waals surface area contributed by atoms with Crippen LogP contribution in [0.15, 0.2) is 17.9 Å². The van der Waals surface area contributed by atoms with Crippen molar-refractivity contribution in [3.05, 3.63) is 34.6 Å².